The minimum absolute atomic E-state index is 0.179. The molecule has 0 unspecified atom stereocenters. The number of anilines is 1. The molecule has 1 aromatic heterocycles. The van der Waals surface area contributed by atoms with Crippen LogP contribution in [0.3, 0.4) is 0 Å². The van der Waals surface area contributed by atoms with Crippen LogP contribution in [0.15, 0.2) is 28.7 Å². The van der Waals surface area contributed by atoms with Crippen LogP contribution in [0, 0.1) is 0 Å². The van der Waals surface area contributed by atoms with Crippen LogP contribution in [0.25, 0.3) is 0 Å². The maximum absolute atomic E-state index is 11.9. The Morgan fingerprint density at radius 1 is 1.22 bits per heavy atom. The highest BCUT2D eigenvalue weighted by Crippen LogP contribution is 2.22. The molecule has 0 radical (unpaired) electrons. The topological polar surface area (TPSA) is 84.0 Å². The fraction of sp³-hybridized carbons (Fsp3) is 0.333. The average molecular weight is 397 g/mol. The van der Waals surface area contributed by atoms with Crippen molar-refractivity contribution in [3.8, 4) is 0 Å². The molecule has 122 valence electrons. The normalized spacial score (nSPS) is 10.6. The highest BCUT2D eigenvalue weighted by Gasteiger charge is 2.11. The minimum Gasteiger partial charge on any atom is -0.352 e. The first-order chi connectivity index (χ1) is 11.0. The minimum atomic E-state index is -0.205. The number of aromatic nitrogens is 2. The third-order valence-corrected chi connectivity index (χ3v) is 4.59. The zero-order valence-electron chi connectivity index (χ0n) is 12.8. The molecule has 1 heterocycles. The van der Waals surface area contributed by atoms with Crippen molar-refractivity contribution in [2.75, 3.05) is 11.9 Å². The summed E-state index contributed by atoms with van der Waals surface area (Å²) in [4.78, 5) is 23.7. The molecule has 0 aliphatic heterocycles. The number of amides is 2. The lowest BCUT2D eigenvalue weighted by atomic mass is 10.2. The van der Waals surface area contributed by atoms with Gasteiger partial charge in [-0.05, 0) is 24.3 Å². The first kappa shape index (κ1) is 17.6. The van der Waals surface area contributed by atoms with Crippen molar-refractivity contribution in [1.29, 1.82) is 0 Å². The maximum Gasteiger partial charge on any atom is 0.251 e. The molecule has 2 N–H and O–H groups in total. The van der Waals surface area contributed by atoms with E-state index in [1.807, 2.05) is 13.8 Å². The van der Waals surface area contributed by atoms with Crippen molar-refractivity contribution in [2.24, 2.45) is 0 Å². The monoisotopic (exact) mass is 396 g/mol. The van der Waals surface area contributed by atoms with E-state index in [0.717, 1.165) is 9.48 Å². The van der Waals surface area contributed by atoms with Crippen LogP contribution in [-0.2, 0) is 4.79 Å². The third-order valence-electron chi connectivity index (χ3n) is 2.92. The second kappa shape index (κ2) is 8.16. The lowest BCUT2D eigenvalue weighted by Gasteiger charge is -2.05. The molecule has 23 heavy (non-hydrogen) atoms. The van der Waals surface area contributed by atoms with Crippen LogP contribution in [0.4, 0.5) is 5.13 Å². The predicted octanol–water partition coefficient (Wildman–Crippen LogP) is 3.18. The van der Waals surface area contributed by atoms with Gasteiger partial charge < -0.3 is 10.6 Å². The summed E-state index contributed by atoms with van der Waals surface area (Å²) >= 11 is 4.67. The van der Waals surface area contributed by atoms with Crippen LogP contribution in [0.5, 0.6) is 0 Å². The lowest BCUT2D eigenvalue weighted by Crippen LogP contribution is -2.27. The number of nitrogens with one attached hydrogen (secondary N) is 2. The quantitative estimate of drug-likeness (QED) is 0.784. The van der Waals surface area contributed by atoms with E-state index in [0.29, 0.717) is 10.7 Å². The van der Waals surface area contributed by atoms with Crippen molar-refractivity contribution >= 4 is 44.2 Å². The number of benzene rings is 1. The Morgan fingerprint density at radius 2 is 1.91 bits per heavy atom. The third kappa shape index (κ3) is 5.40. The molecule has 0 saturated heterocycles. The standard InChI is InChI=1S/C15H17BrN4O2S/c1-9(2)14-19-20-15(23-14)18-12(21)7-8-17-13(22)10-3-5-11(16)6-4-10/h3-6,9H,7-8H2,1-2H3,(H,17,22)(H,18,20,21). The zero-order valence-corrected chi connectivity index (χ0v) is 15.2. The molecule has 1 aromatic carbocycles. The summed E-state index contributed by atoms with van der Waals surface area (Å²) in [5.74, 6) is -0.126. The van der Waals surface area contributed by atoms with Crippen molar-refractivity contribution in [2.45, 2.75) is 26.2 Å². The number of carbonyl (C=O) groups is 2. The summed E-state index contributed by atoms with van der Waals surface area (Å²) in [5.41, 5.74) is 0.555. The molecular formula is C15H17BrN4O2S. The van der Waals surface area contributed by atoms with E-state index in [1.165, 1.54) is 11.3 Å². The molecule has 0 atom stereocenters. The van der Waals surface area contributed by atoms with Gasteiger partial charge in [-0.1, -0.05) is 41.1 Å². The van der Waals surface area contributed by atoms with E-state index in [4.69, 9.17) is 0 Å². The Bertz CT molecular complexity index is 685. The molecule has 6 nitrogen and oxygen atoms in total. The summed E-state index contributed by atoms with van der Waals surface area (Å²) < 4.78 is 0.909. The number of hydrogen-bond acceptors (Lipinski definition) is 5. The number of carbonyl (C=O) groups excluding carboxylic acids is 2. The number of nitrogens with zero attached hydrogens (tertiary/aromatic N) is 2. The van der Waals surface area contributed by atoms with Crippen molar-refractivity contribution < 1.29 is 9.59 Å². The van der Waals surface area contributed by atoms with Gasteiger partial charge in [-0.25, -0.2) is 0 Å². The maximum atomic E-state index is 11.9. The first-order valence-electron chi connectivity index (χ1n) is 7.12. The smallest absolute Gasteiger partial charge is 0.251 e. The molecule has 0 aliphatic rings. The lowest BCUT2D eigenvalue weighted by molar-refractivity contribution is -0.116. The number of hydrogen-bond donors (Lipinski definition) is 2. The summed E-state index contributed by atoms with van der Waals surface area (Å²) in [6, 6.07) is 7.02. The molecule has 0 fully saturated rings. The van der Waals surface area contributed by atoms with Crippen molar-refractivity contribution in [3.63, 3.8) is 0 Å². The van der Waals surface area contributed by atoms with E-state index in [-0.39, 0.29) is 30.7 Å². The van der Waals surface area contributed by atoms with Gasteiger partial charge in [-0.3, -0.25) is 9.59 Å². The Kier molecular flexibility index (Phi) is 6.23. The fourth-order valence-corrected chi connectivity index (χ4v) is 2.72. The van der Waals surface area contributed by atoms with Gasteiger partial charge in [0.05, 0.1) is 0 Å². The molecular weight excluding hydrogens is 380 g/mol. The molecule has 0 saturated carbocycles. The summed E-state index contributed by atoms with van der Waals surface area (Å²) in [6.07, 6.45) is 0.179. The largest absolute Gasteiger partial charge is 0.352 e. The van der Waals surface area contributed by atoms with Gasteiger partial charge in [0, 0.05) is 28.9 Å². The number of rotatable bonds is 6. The van der Waals surface area contributed by atoms with Crippen molar-refractivity contribution in [3.05, 3.63) is 39.3 Å². The second-order valence-electron chi connectivity index (χ2n) is 5.16. The molecule has 8 heteroatoms. The first-order valence-corrected chi connectivity index (χ1v) is 8.73. The van der Waals surface area contributed by atoms with Crippen LogP contribution >= 0.6 is 27.3 Å². The predicted molar refractivity (Wildman–Crippen MR) is 93.7 cm³/mol. The van der Waals surface area contributed by atoms with Crippen LogP contribution < -0.4 is 10.6 Å². The zero-order chi connectivity index (χ0) is 16.8. The van der Waals surface area contributed by atoms with Crippen molar-refractivity contribution in [1.82, 2.24) is 15.5 Å². The van der Waals surface area contributed by atoms with E-state index in [2.05, 4.69) is 36.8 Å². The Hall–Kier alpha value is -1.80. The summed E-state index contributed by atoms with van der Waals surface area (Å²) in [7, 11) is 0. The Labute approximate surface area is 146 Å². The highest BCUT2D eigenvalue weighted by molar-refractivity contribution is 9.10. The number of halogens is 1. The summed E-state index contributed by atoms with van der Waals surface area (Å²) in [5, 5.41) is 14.7. The van der Waals surface area contributed by atoms with Gasteiger partial charge in [0.15, 0.2) is 0 Å². The van der Waals surface area contributed by atoms with Gasteiger partial charge in [-0.2, -0.15) is 0 Å². The van der Waals surface area contributed by atoms with Gasteiger partial charge in [-0.15, -0.1) is 10.2 Å². The van der Waals surface area contributed by atoms with Crippen LogP contribution in [-0.4, -0.2) is 28.6 Å². The second-order valence-corrected chi connectivity index (χ2v) is 7.09. The summed E-state index contributed by atoms with van der Waals surface area (Å²) in [6.45, 7) is 4.30. The molecule has 2 amide bonds. The van der Waals surface area contributed by atoms with E-state index >= 15 is 0 Å². The van der Waals surface area contributed by atoms with Gasteiger partial charge in [0.1, 0.15) is 5.01 Å². The van der Waals surface area contributed by atoms with E-state index in [9.17, 15) is 9.59 Å². The molecule has 0 spiro atoms. The van der Waals surface area contributed by atoms with Gasteiger partial charge in [0.2, 0.25) is 11.0 Å². The van der Waals surface area contributed by atoms with E-state index < -0.39 is 0 Å². The van der Waals surface area contributed by atoms with Gasteiger partial charge >= 0.3 is 0 Å². The molecule has 2 aromatic rings. The Balaban J connectivity index is 1.75. The average Bonchev–Trinajstić information content (AvgIpc) is 2.96. The van der Waals surface area contributed by atoms with E-state index in [1.54, 1.807) is 24.3 Å². The van der Waals surface area contributed by atoms with Crippen LogP contribution in [0.1, 0.15) is 41.6 Å². The molecule has 0 bridgehead atoms. The van der Waals surface area contributed by atoms with Crippen LogP contribution in [0.2, 0.25) is 0 Å². The van der Waals surface area contributed by atoms with Gasteiger partial charge in [0.25, 0.3) is 5.91 Å². The molecule has 0 aliphatic carbocycles. The SMILES string of the molecule is CC(C)c1nnc(NC(=O)CCNC(=O)c2ccc(Br)cc2)s1. The Morgan fingerprint density at radius 3 is 2.52 bits per heavy atom. The molecule has 2 rings (SSSR count). The highest BCUT2D eigenvalue weighted by atomic mass is 79.9. The fourth-order valence-electron chi connectivity index (χ4n) is 1.69.